The first-order chi connectivity index (χ1) is 8.34. The van der Waals surface area contributed by atoms with E-state index >= 15 is 0 Å². The fourth-order valence-corrected chi connectivity index (χ4v) is 2.31. The van der Waals surface area contributed by atoms with Crippen molar-refractivity contribution in [3.8, 4) is 11.3 Å². The van der Waals surface area contributed by atoms with E-state index in [9.17, 15) is 0 Å². The van der Waals surface area contributed by atoms with Crippen LogP contribution in [0.25, 0.3) is 16.8 Å². The van der Waals surface area contributed by atoms with E-state index < -0.39 is 0 Å². The van der Waals surface area contributed by atoms with Gasteiger partial charge in [0.15, 0.2) is 0 Å². The SMILES string of the molecule is CC.S=c1[nH]c(-c2[c-]nn3ccccc23)cs1.[Y]. The molecule has 3 heterocycles. The first-order valence-electron chi connectivity index (χ1n) is 5.38. The number of hydrogen-bond donors (Lipinski definition) is 1. The first-order valence-corrected chi connectivity index (χ1v) is 6.66. The summed E-state index contributed by atoms with van der Waals surface area (Å²) in [5.74, 6) is 0. The quantitative estimate of drug-likeness (QED) is 0.532. The van der Waals surface area contributed by atoms with E-state index in [2.05, 4.69) is 16.3 Å². The molecule has 1 N–H and O–H groups in total. The van der Waals surface area contributed by atoms with Gasteiger partial charge in [-0.2, -0.15) is 0 Å². The predicted octanol–water partition coefficient (Wildman–Crippen LogP) is 3.94. The van der Waals surface area contributed by atoms with Crippen LogP contribution in [0.4, 0.5) is 0 Å². The van der Waals surface area contributed by atoms with Gasteiger partial charge in [-0.05, 0) is 41.1 Å². The van der Waals surface area contributed by atoms with Gasteiger partial charge in [0.2, 0.25) is 0 Å². The summed E-state index contributed by atoms with van der Waals surface area (Å²) in [5, 5.41) is 6.14. The number of rotatable bonds is 1. The minimum Gasteiger partial charge on any atom is -0.390 e. The number of hydrogen-bond acceptors (Lipinski definition) is 3. The van der Waals surface area contributed by atoms with Gasteiger partial charge in [0.1, 0.15) is 3.95 Å². The molecule has 0 aromatic carbocycles. The topological polar surface area (TPSA) is 33.1 Å². The Labute approximate surface area is 140 Å². The number of aromatic amines is 1. The molecule has 0 fully saturated rings. The number of H-pyrrole nitrogens is 1. The average Bonchev–Trinajstić information content (AvgIpc) is 2.97. The standard InChI is InChI=1S/C10H6N3S2.C2H6.Y/c14-10-12-8(6-15-10)7-5-11-13-4-2-1-3-9(7)13;1-2;/h1-4,6H,(H,12,14);1-2H3;/q-1;;. The van der Waals surface area contributed by atoms with Gasteiger partial charge in [0.05, 0.1) is 0 Å². The summed E-state index contributed by atoms with van der Waals surface area (Å²) in [6, 6.07) is 5.93. The summed E-state index contributed by atoms with van der Waals surface area (Å²) in [6.45, 7) is 4.00. The Morgan fingerprint density at radius 1 is 1.39 bits per heavy atom. The molecule has 0 aliphatic rings. The monoisotopic (exact) mass is 351 g/mol. The van der Waals surface area contributed by atoms with E-state index in [4.69, 9.17) is 12.2 Å². The molecule has 91 valence electrons. The fraction of sp³-hybridized carbons (Fsp3) is 0.167. The number of thiazole rings is 1. The molecule has 0 aliphatic carbocycles. The molecular formula is C12H12N3S2Y-. The third-order valence-corrected chi connectivity index (χ3v) is 3.22. The molecule has 0 spiro atoms. The summed E-state index contributed by atoms with van der Waals surface area (Å²) >= 11 is 6.56. The van der Waals surface area contributed by atoms with Crippen LogP contribution >= 0.6 is 23.6 Å². The third-order valence-electron chi connectivity index (χ3n) is 2.15. The summed E-state index contributed by atoms with van der Waals surface area (Å²) in [4.78, 5) is 3.12. The van der Waals surface area contributed by atoms with Gasteiger partial charge in [0, 0.05) is 38.9 Å². The van der Waals surface area contributed by atoms with Crippen LogP contribution in [0, 0.1) is 10.2 Å². The molecule has 6 heteroatoms. The van der Waals surface area contributed by atoms with Crippen molar-refractivity contribution >= 4 is 29.1 Å². The Hall–Kier alpha value is -0.356. The second-order valence-corrected chi connectivity index (χ2v) is 4.63. The summed E-state index contributed by atoms with van der Waals surface area (Å²) in [5.41, 5.74) is 2.97. The number of fused-ring (bicyclic) bond motifs is 1. The van der Waals surface area contributed by atoms with Crippen LogP contribution in [-0.2, 0) is 32.7 Å². The van der Waals surface area contributed by atoms with Crippen molar-refractivity contribution < 1.29 is 32.7 Å². The van der Waals surface area contributed by atoms with Gasteiger partial charge in [-0.1, -0.05) is 26.0 Å². The van der Waals surface area contributed by atoms with Crippen molar-refractivity contribution in [1.29, 1.82) is 0 Å². The molecule has 0 amide bonds. The van der Waals surface area contributed by atoms with Crippen molar-refractivity contribution in [2.75, 3.05) is 0 Å². The second-order valence-electron chi connectivity index (χ2n) is 3.08. The summed E-state index contributed by atoms with van der Waals surface area (Å²) in [7, 11) is 0. The molecule has 0 atom stereocenters. The molecule has 3 rings (SSSR count). The Bertz CT molecular complexity index is 669. The van der Waals surface area contributed by atoms with Gasteiger partial charge in [-0.15, -0.1) is 16.9 Å². The van der Waals surface area contributed by atoms with Crippen LogP contribution in [-0.4, -0.2) is 14.6 Å². The molecule has 0 bridgehead atoms. The van der Waals surface area contributed by atoms with E-state index in [-0.39, 0.29) is 32.7 Å². The fourth-order valence-electron chi connectivity index (χ4n) is 1.48. The minimum absolute atomic E-state index is 0. The maximum Gasteiger partial charge on any atom is 0.146 e. The van der Waals surface area contributed by atoms with Crippen LogP contribution < -0.4 is 0 Å². The van der Waals surface area contributed by atoms with Crippen molar-refractivity contribution in [1.82, 2.24) is 14.6 Å². The molecule has 3 aromatic heterocycles. The van der Waals surface area contributed by atoms with Crippen LogP contribution in [0.5, 0.6) is 0 Å². The normalized spacial score (nSPS) is 9.44. The second kappa shape index (κ2) is 7.29. The largest absolute Gasteiger partial charge is 0.390 e. The zero-order valence-electron chi connectivity index (χ0n) is 10.2. The zero-order valence-corrected chi connectivity index (χ0v) is 14.6. The molecule has 0 saturated heterocycles. The van der Waals surface area contributed by atoms with E-state index in [1.807, 2.05) is 43.6 Å². The number of pyridine rings is 1. The molecular weight excluding hydrogens is 339 g/mol. The van der Waals surface area contributed by atoms with E-state index in [0.717, 1.165) is 20.7 Å². The maximum atomic E-state index is 5.05. The molecule has 3 aromatic rings. The molecule has 0 saturated carbocycles. The predicted molar refractivity (Wildman–Crippen MR) is 73.9 cm³/mol. The Kier molecular flexibility index (Phi) is 6.36. The maximum absolute atomic E-state index is 5.05. The first kappa shape index (κ1) is 15.7. The Morgan fingerprint density at radius 2 is 2.17 bits per heavy atom. The summed E-state index contributed by atoms with van der Waals surface area (Å²) in [6.07, 6.45) is 4.88. The number of nitrogens with zero attached hydrogens (tertiary/aromatic N) is 2. The number of aromatic nitrogens is 3. The molecule has 0 aliphatic heterocycles. The van der Waals surface area contributed by atoms with Crippen LogP contribution in [0.3, 0.4) is 0 Å². The zero-order chi connectivity index (χ0) is 12.3. The van der Waals surface area contributed by atoms with Gasteiger partial charge in [0.25, 0.3) is 0 Å². The average molecular weight is 351 g/mol. The minimum atomic E-state index is 0. The molecule has 18 heavy (non-hydrogen) atoms. The van der Waals surface area contributed by atoms with Gasteiger partial charge in [-0.3, -0.25) is 5.10 Å². The van der Waals surface area contributed by atoms with Crippen molar-refractivity contribution in [3.05, 3.63) is 39.9 Å². The van der Waals surface area contributed by atoms with E-state index in [1.54, 1.807) is 4.52 Å². The van der Waals surface area contributed by atoms with Crippen LogP contribution in [0.15, 0.2) is 29.8 Å². The molecule has 3 nitrogen and oxygen atoms in total. The van der Waals surface area contributed by atoms with Crippen molar-refractivity contribution in [2.45, 2.75) is 13.8 Å². The Morgan fingerprint density at radius 3 is 2.83 bits per heavy atom. The van der Waals surface area contributed by atoms with Crippen LogP contribution in [0.2, 0.25) is 0 Å². The van der Waals surface area contributed by atoms with Crippen molar-refractivity contribution in [3.63, 3.8) is 0 Å². The summed E-state index contributed by atoms with van der Waals surface area (Å²) < 4.78 is 2.57. The van der Waals surface area contributed by atoms with Crippen molar-refractivity contribution in [2.24, 2.45) is 0 Å². The molecule has 1 radical (unpaired) electrons. The smallest absolute Gasteiger partial charge is 0.146 e. The van der Waals surface area contributed by atoms with Gasteiger partial charge in [-0.25, -0.2) is 0 Å². The molecule has 0 unspecified atom stereocenters. The number of nitrogens with one attached hydrogen (secondary N) is 1. The van der Waals surface area contributed by atoms with Crippen LogP contribution in [0.1, 0.15) is 13.8 Å². The van der Waals surface area contributed by atoms with E-state index in [1.165, 1.54) is 11.3 Å². The van der Waals surface area contributed by atoms with Gasteiger partial charge >= 0.3 is 0 Å². The Balaban J connectivity index is 0.000000516. The third kappa shape index (κ3) is 3.15. The van der Waals surface area contributed by atoms with E-state index in [0.29, 0.717) is 0 Å². The van der Waals surface area contributed by atoms with Gasteiger partial charge < -0.3 is 9.50 Å².